The minimum atomic E-state index is -3.51. The van der Waals surface area contributed by atoms with E-state index in [0.29, 0.717) is 37.4 Å². The van der Waals surface area contributed by atoms with E-state index in [0.717, 1.165) is 36.3 Å². The van der Waals surface area contributed by atoms with Crippen LogP contribution in [0.25, 0.3) is 5.78 Å². The molecule has 0 N–H and O–H groups in total. The van der Waals surface area contributed by atoms with E-state index in [-0.39, 0.29) is 16.7 Å². The third-order valence-corrected chi connectivity index (χ3v) is 7.40. The summed E-state index contributed by atoms with van der Waals surface area (Å²) in [6, 6.07) is 0. The van der Waals surface area contributed by atoms with E-state index in [1.165, 1.54) is 23.3 Å². The third-order valence-electron chi connectivity index (χ3n) is 6.29. The van der Waals surface area contributed by atoms with Gasteiger partial charge in [0.15, 0.2) is 9.84 Å². The Kier molecular flexibility index (Phi) is 6.02. The van der Waals surface area contributed by atoms with Crippen molar-refractivity contribution in [3.63, 3.8) is 0 Å². The quantitative estimate of drug-likeness (QED) is 0.551. The highest BCUT2D eigenvalue weighted by molar-refractivity contribution is 7.90. The van der Waals surface area contributed by atoms with E-state index >= 15 is 0 Å². The maximum atomic E-state index is 13.1. The van der Waals surface area contributed by atoms with E-state index in [1.54, 1.807) is 0 Å². The fraction of sp³-hybridized carbons (Fsp3) is 0.571. The summed E-state index contributed by atoms with van der Waals surface area (Å²) in [5.74, 6) is 0.271. The molecule has 172 valence electrons. The molecule has 3 aromatic heterocycles. The van der Waals surface area contributed by atoms with Gasteiger partial charge < -0.3 is 4.90 Å². The van der Waals surface area contributed by atoms with Gasteiger partial charge in [0.1, 0.15) is 11.2 Å². The first-order valence-corrected chi connectivity index (χ1v) is 12.8. The van der Waals surface area contributed by atoms with E-state index in [1.807, 2.05) is 23.4 Å². The van der Waals surface area contributed by atoms with Crippen molar-refractivity contribution in [1.29, 1.82) is 0 Å². The summed E-state index contributed by atoms with van der Waals surface area (Å²) in [6.07, 6.45) is 6.50. The van der Waals surface area contributed by atoms with Gasteiger partial charge in [-0.2, -0.15) is 19.7 Å². The minimum absolute atomic E-state index is 0.0718. The van der Waals surface area contributed by atoms with Crippen molar-refractivity contribution in [2.24, 2.45) is 0 Å². The highest BCUT2D eigenvalue weighted by atomic mass is 32.2. The second-order valence-corrected chi connectivity index (χ2v) is 10.4. The molecule has 1 aliphatic heterocycles. The van der Waals surface area contributed by atoms with Crippen molar-refractivity contribution < 1.29 is 13.2 Å². The van der Waals surface area contributed by atoms with E-state index in [2.05, 4.69) is 27.1 Å². The lowest BCUT2D eigenvalue weighted by Crippen LogP contribution is -2.40. The SMILES string of the molecule is CCn1nc(C)c(CCC(=O)N2CCC[C@@H](c3c(S(C)(=O)=O)cnc4ncnn34)C2)c1C. The van der Waals surface area contributed by atoms with Crippen LogP contribution in [0.4, 0.5) is 0 Å². The van der Waals surface area contributed by atoms with Gasteiger partial charge in [-0.05, 0) is 45.6 Å². The molecule has 0 saturated carbocycles. The smallest absolute Gasteiger partial charge is 0.252 e. The Balaban J connectivity index is 1.55. The summed E-state index contributed by atoms with van der Waals surface area (Å²) in [5.41, 5.74) is 3.77. The zero-order chi connectivity index (χ0) is 23.0. The van der Waals surface area contributed by atoms with E-state index < -0.39 is 9.84 Å². The van der Waals surface area contributed by atoms with Crippen LogP contribution >= 0.6 is 0 Å². The van der Waals surface area contributed by atoms with E-state index in [4.69, 9.17) is 0 Å². The molecule has 1 saturated heterocycles. The number of piperidine rings is 1. The zero-order valence-electron chi connectivity index (χ0n) is 18.9. The van der Waals surface area contributed by atoms with Gasteiger partial charge in [-0.15, -0.1) is 0 Å². The maximum absolute atomic E-state index is 13.1. The summed E-state index contributed by atoms with van der Waals surface area (Å²) in [7, 11) is -3.51. The molecule has 32 heavy (non-hydrogen) atoms. The molecule has 0 spiro atoms. The molecule has 4 rings (SSSR count). The van der Waals surface area contributed by atoms with Crippen molar-refractivity contribution in [2.45, 2.75) is 63.8 Å². The average Bonchev–Trinajstić information content (AvgIpc) is 3.34. The van der Waals surface area contributed by atoms with Crippen LogP contribution in [0, 0.1) is 13.8 Å². The molecule has 0 aromatic carbocycles. The van der Waals surface area contributed by atoms with Gasteiger partial charge >= 0.3 is 0 Å². The van der Waals surface area contributed by atoms with Crippen LogP contribution in [0.3, 0.4) is 0 Å². The third kappa shape index (κ3) is 4.13. The molecular weight excluding hydrogens is 430 g/mol. The number of aromatic nitrogens is 6. The van der Waals surface area contributed by atoms with Crippen molar-refractivity contribution in [3.05, 3.63) is 35.2 Å². The number of likely N-dealkylation sites (tertiary alicyclic amines) is 1. The maximum Gasteiger partial charge on any atom is 0.252 e. The van der Waals surface area contributed by atoms with Crippen LogP contribution in [0.15, 0.2) is 17.4 Å². The Morgan fingerprint density at radius 3 is 2.72 bits per heavy atom. The Bertz CT molecular complexity index is 1260. The summed E-state index contributed by atoms with van der Waals surface area (Å²) in [6.45, 7) is 8.00. The monoisotopic (exact) mass is 459 g/mol. The fourth-order valence-electron chi connectivity index (χ4n) is 4.66. The molecule has 3 aromatic rings. The van der Waals surface area contributed by atoms with Crippen molar-refractivity contribution in [1.82, 2.24) is 34.3 Å². The van der Waals surface area contributed by atoms with Gasteiger partial charge in [0.05, 0.1) is 17.6 Å². The normalized spacial score (nSPS) is 17.2. The van der Waals surface area contributed by atoms with Crippen LogP contribution < -0.4 is 0 Å². The number of rotatable bonds is 6. The fourth-order valence-corrected chi connectivity index (χ4v) is 5.54. The number of amides is 1. The highest BCUT2D eigenvalue weighted by Gasteiger charge is 2.31. The van der Waals surface area contributed by atoms with Crippen LogP contribution in [0.2, 0.25) is 0 Å². The van der Waals surface area contributed by atoms with Gasteiger partial charge in [0.2, 0.25) is 5.91 Å². The Morgan fingerprint density at radius 2 is 2.03 bits per heavy atom. The lowest BCUT2D eigenvalue weighted by molar-refractivity contribution is -0.132. The number of fused-ring (bicyclic) bond motifs is 1. The Morgan fingerprint density at radius 1 is 1.25 bits per heavy atom. The lowest BCUT2D eigenvalue weighted by Gasteiger charge is -2.33. The van der Waals surface area contributed by atoms with Gasteiger partial charge in [-0.1, -0.05) is 0 Å². The molecule has 11 heteroatoms. The van der Waals surface area contributed by atoms with Crippen LogP contribution in [0.1, 0.15) is 54.7 Å². The Labute approximate surface area is 187 Å². The van der Waals surface area contributed by atoms with Gasteiger partial charge in [-0.3, -0.25) is 9.48 Å². The van der Waals surface area contributed by atoms with Crippen LogP contribution in [-0.2, 0) is 27.6 Å². The summed E-state index contributed by atoms with van der Waals surface area (Å²) in [5, 5.41) is 8.75. The predicted octanol–water partition coefficient (Wildman–Crippen LogP) is 1.70. The standard InChI is InChI=1S/C21H29N7O3S/c1-5-27-15(3)17(14(2)25-27)8-9-19(29)26-10-6-7-16(12-26)20-18(32(4,30)31)11-22-21-23-13-24-28(20)21/h11,13,16H,5-10,12H2,1-4H3/t16-/m1/s1. The summed E-state index contributed by atoms with van der Waals surface area (Å²) < 4.78 is 28.3. The first kappa shape index (κ1) is 22.4. The molecule has 10 nitrogen and oxygen atoms in total. The van der Waals surface area contributed by atoms with Crippen molar-refractivity contribution in [2.75, 3.05) is 19.3 Å². The summed E-state index contributed by atoms with van der Waals surface area (Å²) in [4.78, 5) is 23.3. The summed E-state index contributed by atoms with van der Waals surface area (Å²) >= 11 is 0. The second kappa shape index (κ2) is 8.61. The number of hydrogen-bond acceptors (Lipinski definition) is 7. The van der Waals surface area contributed by atoms with Crippen LogP contribution in [-0.4, -0.2) is 67.9 Å². The predicted molar refractivity (Wildman–Crippen MR) is 118 cm³/mol. The molecule has 0 unspecified atom stereocenters. The number of carbonyl (C=O) groups is 1. The zero-order valence-corrected chi connectivity index (χ0v) is 19.8. The number of sulfone groups is 1. The first-order chi connectivity index (χ1) is 15.2. The topological polar surface area (TPSA) is 115 Å². The van der Waals surface area contributed by atoms with E-state index in [9.17, 15) is 13.2 Å². The van der Waals surface area contributed by atoms with Gasteiger partial charge in [0, 0.05) is 43.9 Å². The molecule has 0 radical (unpaired) electrons. The molecule has 4 heterocycles. The number of aryl methyl sites for hydroxylation is 2. The molecule has 0 bridgehead atoms. The number of carbonyl (C=O) groups excluding carboxylic acids is 1. The van der Waals surface area contributed by atoms with Gasteiger partial charge in [0.25, 0.3) is 5.78 Å². The largest absolute Gasteiger partial charge is 0.342 e. The molecule has 0 aliphatic carbocycles. The molecule has 1 amide bonds. The molecule has 1 aliphatic rings. The van der Waals surface area contributed by atoms with Crippen molar-refractivity contribution in [3.8, 4) is 0 Å². The molecule has 1 atom stereocenters. The average molecular weight is 460 g/mol. The van der Waals surface area contributed by atoms with Gasteiger partial charge in [-0.25, -0.2) is 13.4 Å². The molecule has 1 fully saturated rings. The second-order valence-electron chi connectivity index (χ2n) is 8.40. The minimum Gasteiger partial charge on any atom is -0.342 e. The number of hydrogen-bond donors (Lipinski definition) is 0. The highest BCUT2D eigenvalue weighted by Crippen LogP contribution is 2.31. The lowest BCUT2D eigenvalue weighted by atomic mass is 9.94. The Hall–Kier alpha value is -2.82. The number of nitrogens with zero attached hydrogens (tertiary/aromatic N) is 7. The molecular formula is C21H29N7O3S. The van der Waals surface area contributed by atoms with Crippen LogP contribution in [0.5, 0.6) is 0 Å². The van der Waals surface area contributed by atoms with Crippen molar-refractivity contribution >= 4 is 21.5 Å². The first-order valence-electron chi connectivity index (χ1n) is 10.9.